The highest BCUT2D eigenvalue weighted by molar-refractivity contribution is 7.89. The average Bonchev–Trinajstić information content (AvgIpc) is 2.63. The summed E-state index contributed by atoms with van der Waals surface area (Å²) >= 11 is 0. The number of nitrogens with two attached hydrogens (primary N) is 1. The van der Waals surface area contributed by atoms with Crippen molar-refractivity contribution in [2.75, 3.05) is 18.5 Å². The van der Waals surface area contributed by atoms with Gasteiger partial charge < -0.3 is 20.1 Å². The van der Waals surface area contributed by atoms with Crippen LogP contribution in [0.25, 0.3) is 0 Å². The molecule has 3 rings (SSSR count). The van der Waals surface area contributed by atoms with Crippen LogP contribution in [0.4, 0.5) is 5.69 Å². The summed E-state index contributed by atoms with van der Waals surface area (Å²) in [5, 5.41) is 11.0. The van der Waals surface area contributed by atoms with Crippen molar-refractivity contribution in [1.82, 2.24) is 5.32 Å². The fourth-order valence-corrected chi connectivity index (χ4v) is 3.20. The predicted molar refractivity (Wildman–Crippen MR) is 107 cm³/mol. The number of nitrogens with one attached hydrogen (secondary N) is 2. The molecule has 1 saturated heterocycles. The summed E-state index contributed by atoms with van der Waals surface area (Å²) in [6.45, 7) is 3.09. The van der Waals surface area contributed by atoms with Crippen molar-refractivity contribution < 1.29 is 22.7 Å². The minimum Gasteiger partial charge on any atom is -0.457 e. The van der Waals surface area contributed by atoms with Crippen LogP contribution in [0.1, 0.15) is 6.92 Å². The Morgan fingerprint density at radius 2 is 1.71 bits per heavy atom. The maximum absolute atomic E-state index is 12.3. The Balaban J connectivity index is 0.00000280. The van der Waals surface area contributed by atoms with Gasteiger partial charge in [0.2, 0.25) is 15.9 Å². The molecule has 2 atom stereocenters. The molecule has 0 spiro atoms. The lowest BCUT2D eigenvalue weighted by molar-refractivity contribution is -0.123. The van der Waals surface area contributed by atoms with Gasteiger partial charge >= 0.3 is 0 Å². The lowest BCUT2D eigenvalue weighted by Crippen LogP contribution is -2.53. The molecule has 152 valence electrons. The second-order valence-corrected chi connectivity index (χ2v) is 7.70. The van der Waals surface area contributed by atoms with E-state index >= 15 is 0 Å². The lowest BCUT2D eigenvalue weighted by atomic mass is 10.1. The van der Waals surface area contributed by atoms with Crippen LogP contribution in [0, 0.1) is 0 Å². The fourth-order valence-electron chi connectivity index (χ4n) is 2.69. The third-order valence-electron chi connectivity index (χ3n) is 4.11. The Morgan fingerprint density at radius 1 is 1.14 bits per heavy atom. The zero-order valence-corrected chi connectivity index (χ0v) is 16.8. The molecule has 0 aliphatic carbocycles. The molecular formula is C18H22ClN3O5S. The molecule has 2 aromatic rings. The molecular weight excluding hydrogens is 406 g/mol. The van der Waals surface area contributed by atoms with Crippen molar-refractivity contribution in [3.8, 4) is 11.5 Å². The fraction of sp³-hybridized carbons (Fsp3) is 0.278. The van der Waals surface area contributed by atoms with Crippen LogP contribution in [-0.4, -0.2) is 39.6 Å². The largest absolute Gasteiger partial charge is 0.457 e. The van der Waals surface area contributed by atoms with Gasteiger partial charge in [-0.25, -0.2) is 13.6 Å². The van der Waals surface area contributed by atoms with E-state index < -0.39 is 16.1 Å². The first-order chi connectivity index (χ1) is 12.8. The monoisotopic (exact) mass is 427 g/mol. The highest BCUT2D eigenvalue weighted by Crippen LogP contribution is 2.24. The number of morpholine rings is 1. The van der Waals surface area contributed by atoms with E-state index in [0.717, 1.165) is 0 Å². The first kappa shape index (κ1) is 22.1. The maximum atomic E-state index is 12.3. The molecule has 8 nitrogen and oxygen atoms in total. The van der Waals surface area contributed by atoms with Crippen LogP contribution in [0.2, 0.25) is 0 Å². The van der Waals surface area contributed by atoms with E-state index in [9.17, 15) is 13.2 Å². The highest BCUT2D eigenvalue weighted by atomic mass is 35.5. The summed E-state index contributed by atoms with van der Waals surface area (Å²) < 4.78 is 33.6. The van der Waals surface area contributed by atoms with Gasteiger partial charge in [-0.3, -0.25) is 4.79 Å². The topological polar surface area (TPSA) is 120 Å². The molecule has 0 unspecified atom stereocenters. The van der Waals surface area contributed by atoms with Gasteiger partial charge in [0.05, 0.1) is 17.6 Å². The van der Waals surface area contributed by atoms with E-state index in [4.69, 9.17) is 14.6 Å². The summed E-state index contributed by atoms with van der Waals surface area (Å²) in [5.74, 6) is 0.856. The Bertz CT molecular complexity index is 904. The second-order valence-electron chi connectivity index (χ2n) is 6.14. The number of primary sulfonamides is 1. The van der Waals surface area contributed by atoms with Crippen molar-refractivity contribution in [1.29, 1.82) is 0 Å². The van der Waals surface area contributed by atoms with Gasteiger partial charge in [-0.15, -0.1) is 12.4 Å². The van der Waals surface area contributed by atoms with Gasteiger partial charge in [0, 0.05) is 12.2 Å². The van der Waals surface area contributed by atoms with Crippen molar-refractivity contribution >= 4 is 34.0 Å². The molecule has 10 heteroatoms. The van der Waals surface area contributed by atoms with Crippen LogP contribution in [0.3, 0.4) is 0 Å². The lowest BCUT2D eigenvalue weighted by Gasteiger charge is -2.29. The number of carbonyl (C=O) groups excluding carboxylic acids is 1. The van der Waals surface area contributed by atoms with Gasteiger partial charge in [-0.05, 0) is 55.5 Å². The van der Waals surface area contributed by atoms with Crippen molar-refractivity contribution in [2.24, 2.45) is 5.14 Å². The van der Waals surface area contributed by atoms with Crippen molar-refractivity contribution in [3.63, 3.8) is 0 Å². The number of hydrogen-bond donors (Lipinski definition) is 3. The molecule has 4 N–H and O–H groups in total. The van der Waals surface area contributed by atoms with Gasteiger partial charge in [-0.1, -0.05) is 0 Å². The number of amides is 1. The van der Waals surface area contributed by atoms with Crippen molar-refractivity contribution in [2.45, 2.75) is 24.0 Å². The second kappa shape index (κ2) is 9.35. The maximum Gasteiger partial charge on any atom is 0.244 e. The Morgan fingerprint density at radius 3 is 2.25 bits per heavy atom. The molecule has 0 aromatic heterocycles. The molecule has 0 radical (unpaired) electrons. The van der Waals surface area contributed by atoms with E-state index in [1.165, 1.54) is 24.3 Å². The molecule has 1 aliphatic heterocycles. The molecule has 28 heavy (non-hydrogen) atoms. The van der Waals surface area contributed by atoms with Gasteiger partial charge in [0.15, 0.2) is 0 Å². The SMILES string of the molecule is C[C@H]1OCCN[C@@H]1C(=O)Nc1ccc(Oc2ccc(S(N)(=O)=O)cc2)cc1.Cl. The summed E-state index contributed by atoms with van der Waals surface area (Å²) in [6, 6.07) is 12.2. The Hall–Kier alpha value is -2.17. The molecule has 1 aliphatic rings. The first-order valence-electron chi connectivity index (χ1n) is 8.39. The summed E-state index contributed by atoms with van der Waals surface area (Å²) in [7, 11) is -3.73. The standard InChI is InChI=1S/C18H21N3O5S.ClH/c1-12-17(20-10-11-25-12)18(22)21-13-2-4-14(5-3-13)26-15-6-8-16(9-7-15)27(19,23)24;/h2-9,12,17,20H,10-11H2,1H3,(H,21,22)(H2,19,23,24);1H/t12-,17+;/m1./s1. The number of hydrogen-bond acceptors (Lipinski definition) is 6. The summed E-state index contributed by atoms with van der Waals surface area (Å²) in [4.78, 5) is 12.3. The number of benzene rings is 2. The van der Waals surface area contributed by atoms with E-state index in [0.29, 0.717) is 30.3 Å². The van der Waals surface area contributed by atoms with Crippen LogP contribution in [0.5, 0.6) is 11.5 Å². The zero-order valence-electron chi connectivity index (χ0n) is 15.1. The molecule has 0 bridgehead atoms. The zero-order chi connectivity index (χ0) is 19.4. The van der Waals surface area contributed by atoms with Gasteiger partial charge in [-0.2, -0.15) is 0 Å². The number of sulfonamides is 1. The Kier molecular flexibility index (Phi) is 7.39. The normalized spacial score (nSPS) is 19.4. The van der Waals surface area contributed by atoms with Gasteiger partial charge in [0.25, 0.3) is 0 Å². The molecule has 1 fully saturated rings. The number of ether oxygens (including phenoxy) is 2. The number of rotatable bonds is 5. The minimum atomic E-state index is -3.73. The Labute approximate surface area is 169 Å². The smallest absolute Gasteiger partial charge is 0.244 e. The van der Waals surface area contributed by atoms with E-state index in [1.54, 1.807) is 24.3 Å². The van der Waals surface area contributed by atoms with Crippen LogP contribution >= 0.6 is 12.4 Å². The third kappa shape index (κ3) is 5.66. The summed E-state index contributed by atoms with van der Waals surface area (Å²) in [5.41, 5.74) is 0.636. The molecule has 0 saturated carbocycles. The quantitative estimate of drug-likeness (QED) is 0.670. The average molecular weight is 428 g/mol. The first-order valence-corrected chi connectivity index (χ1v) is 9.94. The molecule has 2 aromatic carbocycles. The van der Waals surface area contributed by atoms with E-state index in [2.05, 4.69) is 10.6 Å². The van der Waals surface area contributed by atoms with Crippen LogP contribution in [0.15, 0.2) is 53.4 Å². The third-order valence-corrected chi connectivity index (χ3v) is 5.04. The van der Waals surface area contributed by atoms with E-state index in [-0.39, 0.29) is 29.3 Å². The number of carbonyl (C=O) groups is 1. The van der Waals surface area contributed by atoms with E-state index in [1.807, 2.05) is 6.92 Å². The van der Waals surface area contributed by atoms with Crippen LogP contribution < -0.4 is 20.5 Å². The number of halogens is 1. The summed E-state index contributed by atoms with van der Waals surface area (Å²) in [6.07, 6.45) is -0.193. The molecule has 1 heterocycles. The number of anilines is 1. The predicted octanol–water partition coefficient (Wildman–Crippen LogP) is 1.86. The van der Waals surface area contributed by atoms with Gasteiger partial charge in [0.1, 0.15) is 17.5 Å². The minimum absolute atomic E-state index is 0. The van der Waals surface area contributed by atoms with Crippen LogP contribution in [-0.2, 0) is 19.6 Å². The molecule has 1 amide bonds. The highest BCUT2D eigenvalue weighted by Gasteiger charge is 2.28. The van der Waals surface area contributed by atoms with Crippen molar-refractivity contribution in [3.05, 3.63) is 48.5 Å².